The summed E-state index contributed by atoms with van der Waals surface area (Å²) in [5, 5.41) is 4.72. The Bertz CT molecular complexity index is 1710. The van der Waals surface area contributed by atoms with Gasteiger partial charge in [-0.05, 0) is 92.7 Å². The summed E-state index contributed by atoms with van der Waals surface area (Å²) in [6, 6.07) is 26.5. The molecule has 5 heteroatoms. The van der Waals surface area contributed by atoms with Crippen molar-refractivity contribution >= 4 is 38.7 Å². The molecule has 0 aromatic heterocycles. The summed E-state index contributed by atoms with van der Waals surface area (Å²) in [5.41, 5.74) is 5.23. The van der Waals surface area contributed by atoms with E-state index in [0.29, 0.717) is 29.2 Å². The third-order valence-corrected chi connectivity index (χ3v) is 7.38. The summed E-state index contributed by atoms with van der Waals surface area (Å²) in [7, 11) is 1.62. The van der Waals surface area contributed by atoms with E-state index in [-0.39, 0.29) is 0 Å². The molecule has 0 unspecified atom stereocenters. The fourth-order valence-corrected chi connectivity index (χ4v) is 5.64. The molecule has 0 spiro atoms. The summed E-state index contributed by atoms with van der Waals surface area (Å²) in [4.78, 5) is 0. The average Bonchev–Trinajstić information content (AvgIpc) is 2.90. The van der Waals surface area contributed by atoms with Crippen LogP contribution in [0.5, 0.6) is 5.75 Å². The Morgan fingerprint density at radius 1 is 0.757 bits per heavy atom. The molecule has 6 rings (SSSR count). The Hall–Kier alpha value is -3.76. The van der Waals surface area contributed by atoms with Crippen LogP contribution in [0.3, 0.4) is 0 Å². The van der Waals surface area contributed by atoms with Crippen LogP contribution in [0.2, 0.25) is 5.02 Å². The molecule has 0 N–H and O–H groups in total. The van der Waals surface area contributed by atoms with Crippen LogP contribution in [0.1, 0.15) is 22.3 Å². The number of alkyl halides is 3. The zero-order valence-electron chi connectivity index (χ0n) is 20.0. The lowest BCUT2D eigenvalue weighted by Gasteiger charge is -2.23. The third-order valence-electron chi connectivity index (χ3n) is 7.17. The predicted octanol–water partition coefficient (Wildman–Crippen LogP) is 9.52. The van der Waals surface area contributed by atoms with Gasteiger partial charge in [-0.2, -0.15) is 13.2 Å². The molecule has 37 heavy (non-hydrogen) atoms. The van der Waals surface area contributed by atoms with Gasteiger partial charge in [-0.25, -0.2) is 0 Å². The van der Waals surface area contributed by atoms with E-state index < -0.39 is 11.7 Å². The smallest absolute Gasteiger partial charge is 0.416 e. The maximum atomic E-state index is 13.3. The fraction of sp³-hybridized carbons (Fsp3) is 0.125. The first kappa shape index (κ1) is 23.6. The number of hydrogen-bond donors (Lipinski definition) is 0. The average molecular weight is 515 g/mol. The van der Waals surface area contributed by atoms with Gasteiger partial charge in [-0.15, -0.1) is 0 Å². The van der Waals surface area contributed by atoms with Crippen LogP contribution in [0.15, 0.2) is 91.0 Å². The van der Waals surface area contributed by atoms with E-state index in [0.717, 1.165) is 49.4 Å². The summed E-state index contributed by atoms with van der Waals surface area (Å²) in [6.45, 7) is 0. The first-order valence-corrected chi connectivity index (χ1v) is 12.4. The van der Waals surface area contributed by atoms with Crippen molar-refractivity contribution in [1.29, 1.82) is 0 Å². The Balaban J connectivity index is 1.60. The number of allylic oxidation sites excluding steroid dienone is 2. The van der Waals surface area contributed by atoms with Crippen molar-refractivity contribution in [3.05, 3.63) is 118 Å². The van der Waals surface area contributed by atoms with Gasteiger partial charge < -0.3 is 4.74 Å². The Kier molecular flexibility index (Phi) is 5.73. The third kappa shape index (κ3) is 4.15. The molecule has 1 nitrogen and oxygen atoms in total. The van der Waals surface area contributed by atoms with Crippen molar-refractivity contribution in [3.63, 3.8) is 0 Å². The topological polar surface area (TPSA) is 9.23 Å². The van der Waals surface area contributed by atoms with Crippen molar-refractivity contribution in [2.45, 2.75) is 19.0 Å². The van der Waals surface area contributed by atoms with Gasteiger partial charge in [0.15, 0.2) is 0 Å². The quantitative estimate of drug-likeness (QED) is 0.233. The van der Waals surface area contributed by atoms with E-state index in [4.69, 9.17) is 16.3 Å². The molecule has 0 fully saturated rings. The minimum atomic E-state index is -4.36. The van der Waals surface area contributed by atoms with Crippen molar-refractivity contribution in [3.8, 4) is 16.9 Å². The summed E-state index contributed by atoms with van der Waals surface area (Å²) in [6.07, 6.45) is -1.35. The van der Waals surface area contributed by atoms with Crippen LogP contribution in [0.25, 0.3) is 38.2 Å². The lowest BCUT2D eigenvalue weighted by Crippen LogP contribution is -2.09. The molecular formula is C32H22ClF3O. The second kappa shape index (κ2) is 8.97. The molecule has 0 amide bonds. The Morgan fingerprint density at radius 3 is 2.38 bits per heavy atom. The van der Waals surface area contributed by atoms with E-state index in [2.05, 4.69) is 42.5 Å². The highest BCUT2D eigenvalue weighted by atomic mass is 35.5. The maximum Gasteiger partial charge on any atom is 0.416 e. The normalized spacial score (nSPS) is 13.5. The fourth-order valence-electron chi connectivity index (χ4n) is 5.43. The molecule has 1 aliphatic carbocycles. The molecule has 0 radical (unpaired) electrons. The van der Waals surface area contributed by atoms with E-state index in [1.54, 1.807) is 19.2 Å². The van der Waals surface area contributed by atoms with E-state index in [9.17, 15) is 13.2 Å². The standard InChI is InChI=1S/C32H22ClF3O/c1-37-30-18-24(33)17-29-27(30)13-14-28(26-8-4-6-19-5-2-3-7-25(19)26)31(29)22-10-9-21-16-23(32(34,35)36)12-11-20(21)15-22/h2-8,10-14,16-18H,9,15H2,1H3. The number of methoxy groups -OCH3 is 1. The van der Waals surface area contributed by atoms with Gasteiger partial charge >= 0.3 is 6.18 Å². The van der Waals surface area contributed by atoms with Gasteiger partial charge in [0.25, 0.3) is 0 Å². The van der Waals surface area contributed by atoms with Gasteiger partial charge in [0.2, 0.25) is 0 Å². The molecule has 5 aromatic rings. The minimum Gasteiger partial charge on any atom is -0.496 e. The molecule has 5 aromatic carbocycles. The van der Waals surface area contributed by atoms with Crippen molar-refractivity contribution in [2.75, 3.05) is 7.11 Å². The van der Waals surface area contributed by atoms with Gasteiger partial charge in [-0.1, -0.05) is 72.3 Å². The van der Waals surface area contributed by atoms with Crippen LogP contribution in [0.4, 0.5) is 13.2 Å². The monoisotopic (exact) mass is 514 g/mol. The lowest BCUT2D eigenvalue weighted by atomic mass is 9.81. The largest absolute Gasteiger partial charge is 0.496 e. The lowest BCUT2D eigenvalue weighted by molar-refractivity contribution is -0.137. The molecule has 1 aliphatic rings. The molecule has 0 heterocycles. The predicted molar refractivity (Wildman–Crippen MR) is 145 cm³/mol. The van der Waals surface area contributed by atoms with Crippen molar-refractivity contribution in [2.24, 2.45) is 0 Å². The highest BCUT2D eigenvalue weighted by molar-refractivity contribution is 6.32. The van der Waals surface area contributed by atoms with Crippen molar-refractivity contribution < 1.29 is 17.9 Å². The van der Waals surface area contributed by atoms with Gasteiger partial charge in [0.1, 0.15) is 5.75 Å². The summed E-state index contributed by atoms with van der Waals surface area (Å²) >= 11 is 6.54. The number of hydrogen-bond acceptors (Lipinski definition) is 1. The van der Waals surface area contributed by atoms with Crippen LogP contribution in [0, 0.1) is 0 Å². The number of ether oxygens (including phenoxy) is 1. The Morgan fingerprint density at radius 2 is 1.57 bits per heavy atom. The van der Waals surface area contributed by atoms with Gasteiger partial charge in [0, 0.05) is 10.4 Å². The van der Waals surface area contributed by atoms with E-state index in [1.165, 1.54) is 12.1 Å². The van der Waals surface area contributed by atoms with Crippen LogP contribution in [-0.2, 0) is 19.0 Å². The highest BCUT2D eigenvalue weighted by Crippen LogP contribution is 2.44. The highest BCUT2D eigenvalue weighted by Gasteiger charge is 2.31. The maximum absolute atomic E-state index is 13.3. The summed E-state index contributed by atoms with van der Waals surface area (Å²) in [5.74, 6) is 0.680. The molecule has 0 atom stereocenters. The zero-order chi connectivity index (χ0) is 25.7. The SMILES string of the molecule is COc1cc(Cl)cc2c(C3=CCc4cc(C(F)(F)F)ccc4C3)c(-c3cccc4ccccc34)ccc12. The van der Waals surface area contributed by atoms with E-state index >= 15 is 0 Å². The number of rotatable bonds is 3. The van der Waals surface area contributed by atoms with Gasteiger partial charge in [-0.3, -0.25) is 0 Å². The molecule has 0 aliphatic heterocycles. The second-order valence-electron chi connectivity index (χ2n) is 9.31. The number of halogens is 4. The second-order valence-corrected chi connectivity index (χ2v) is 9.75. The molecule has 0 bridgehead atoms. The first-order valence-electron chi connectivity index (χ1n) is 12.0. The number of fused-ring (bicyclic) bond motifs is 3. The van der Waals surface area contributed by atoms with Crippen LogP contribution in [-0.4, -0.2) is 7.11 Å². The number of benzene rings is 5. The first-order chi connectivity index (χ1) is 17.8. The molecule has 184 valence electrons. The molecule has 0 saturated carbocycles. The minimum absolute atomic E-state index is 0.428. The van der Waals surface area contributed by atoms with Crippen LogP contribution < -0.4 is 4.74 Å². The molecule has 0 saturated heterocycles. The molecular weight excluding hydrogens is 493 g/mol. The van der Waals surface area contributed by atoms with Crippen molar-refractivity contribution in [1.82, 2.24) is 0 Å². The van der Waals surface area contributed by atoms with Crippen LogP contribution >= 0.6 is 11.6 Å². The van der Waals surface area contributed by atoms with Gasteiger partial charge in [0.05, 0.1) is 12.7 Å². The Labute approximate surface area is 217 Å². The zero-order valence-corrected chi connectivity index (χ0v) is 20.8. The summed E-state index contributed by atoms with van der Waals surface area (Å²) < 4.78 is 45.6. The van der Waals surface area contributed by atoms with E-state index in [1.807, 2.05) is 24.3 Å².